The molecule has 12 heteroatoms. The quantitative estimate of drug-likeness (QED) is 0.0553. The molecule has 2 saturated heterocycles. The van der Waals surface area contributed by atoms with Crippen molar-refractivity contribution in [2.45, 2.75) is 133 Å². The summed E-state index contributed by atoms with van der Waals surface area (Å²) in [6.07, 6.45) is -7.03. The van der Waals surface area contributed by atoms with Crippen molar-refractivity contribution in [2.75, 3.05) is 19.8 Å². The Bertz CT molecular complexity index is 2450. The molecule has 382 valence electrons. The van der Waals surface area contributed by atoms with E-state index in [1.807, 2.05) is 182 Å². The Morgan fingerprint density at radius 1 is 0.472 bits per heavy atom. The van der Waals surface area contributed by atoms with Gasteiger partial charge in [0.1, 0.15) is 49.3 Å². The molecule has 6 aromatic carbocycles. The van der Waals surface area contributed by atoms with Crippen LogP contribution in [0, 0.1) is 0 Å². The standard InChI is InChI=1S/C60H72O11Si/c1-59(2,3)72(4,5)68-43-52-53(63-38-46-26-14-7-15-27-46)55(65-40-48-30-18-9-19-31-48)56(66-41-49-32-20-10-21-33-49)58(69-52)71-60(44-62-37-45-24-12-6-13-25-45)57(67-42-50-34-22-11-23-35-50)54(51(36-61)70-60)64-39-47-28-16-8-17-29-47/h6-35,51-58,61H,36-44H2,1-5H3/t51-,52-,53-,54-,55+,56-,57+,58-,60+/m1/s1. The third-order valence-corrected chi connectivity index (χ3v) is 18.3. The van der Waals surface area contributed by atoms with E-state index in [9.17, 15) is 5.11 Å². The molecular formula is C60H72O11Si. The summed E-state index contributed by atoms with van der Waals surface area (Å²) in [7, 11) is -2.37. The maximum atomic E-state index is 11.2. The van der Waals surface area contributed by atoms with Crippen molar-refractivity contribution in [1.82, 2.24) is 0 Å². The Labute approximate surface area is 427 Å². The lowest BCUT2D eigenvalue weighted by molar-refractivity contribution is -0.397. The van der Waals surface area contributed by atoms with Gasteiger partial charge in [-0.1, -0.05) is 203 Å². The summed E-state index contributed by atoms with van der Waals surface area (Å²) in [4.78, 5) is 0. The van der Waals surface area contributed by atoms with Gasteiger partial charge in [-0.2, -0.15) is 0 Å². The molecule has 2 aliphatic rings. The van der Waals surface area contributed by atoms with Gasteiger partial charge < -0.3 is 52.2 Å². The van der Waals surface area contributed by atoms with Crippen molar-refractivity contribution in [3.63, 3.8) is 0 Å². The van der Waals surface area contributed by atoms with Gasteiger partial charge in [-0.3, -0.25) is 0 Å². The fourth-order valence-electron chi connectivity index (χ4n) is 8.73. The van der Waals surface area contributed by atoms with Crippen LogP contribution in [0.1, 0.15) is 54.2 Å². The highest BCUT2D eigenvalue weighted by Gasteiger charge is 2.62. The third kappa shape index (κ3) is 14.4. The Morgan fingerprint density at radius 2 is 0.847 bits per heavy atom. The highest BCUT2D eigenvalue weighted by Crippen LogP contribution is 2.43. The number of hydrogen-bond donors (Lipinski definition) is 1. The smallest absolute Gasteiger partial charge is 0.224 e. The number of ether oxygens (including phenoxy) is 9. The molecule has 0 saturated carbocycles. The minimum Gasteiger partial charge on any atom is -0.414 e. The van der Waals surface area contributed by atoms with Gasteiger partial charge in [0.05, 0.1) is 52.9 Å². The van der Waals surface area contributed by atoms with Crippen LogP contribution >= 0.6 is 0 Å². The number of hydrogen-bond acceptors (Lipinski definition) is 11. The van der Waals surface area contributed by atoms with Crippen LogP contribution in [0.4, 0.5) is 0 Å². The first-order valence-corrected chi connectivity index (χ1v) is 28.1. The van der Waals surface area contributed by atoms with Crippen molar-refractivity contribution < 1.29 is 52.2 Å². The fourth-order valence-corrected chi connectivity index (χ4v) is 9.74. The van der Waals surface area contributed by atoms with Crippen LogP contribution in [0.3, 0.4) is 0 Å². The van der Waals surface area contributed by atoms with Crippen LogP contribution in [0.15, 0.2) is 182 Å². The third-order valence-electron chi connectivity index (χ3n) is 13.8. The predicted octanol–water partition coefficient (Wildman–Crippen LogP) is 11.0. The van der Waals surface area contributed by atoms with E-state index in [0.717, 1.165) is 33.4 Å². The van der Waals surface area contributed by atoms with Crippen LogP contribution in [0.2, 0.25) is 18.1 Å². The maximum absolute atomic E-state index is 11.2. The molecule has 2 heterocycles. The van der Waals surface area contributed by atoms with Gasteiger partial charge >= 0.3 is 0 Å². The van der Waals surface area contributed by atoms with Crippen molar-refractivity contribution in [3.05, 3.63) is 215 Å². The molecule has 8 rings (SSSR count). The molecule has 72 heavy (non-hydrogen) atoms. The van der Waals surface area contributed by atoms with Crippen molar-refractivity contribution in [1.29, 1.82) is 0 Å². The molecule has 2 aliphatic heterocycles. The number of benzene rings is 6. The Kier molecular flexibility index (Phi) is 19.2. The number of aliphatic hydroxyl groups excluding tert-OH is 1. The summed E-state index contributed by atoms with van der Waals surface area (Å²) >= 11 is 0. The van der Waals surface area contributed by atoms with Gasteiger partial charge in [0.25, 0.3) is 0 Å². The molecule has 0 bridgehead atoms. The first kappa shape index (κ1) is 53.4. The summed E-state index contributed by atoms with van der Waals surface area (Å²) in [5.41, 5.74) is 5.75. The Morgan fingerprint density at radius 3 is 1.26 bits per heavy atom. The van der Waals surface area contributed by atoms with Gasteiger partial charge in [-0.25, -0.2) is 0 Å². The van der Waals surface area contributed by atoms with E-state index in [4.69, 9.17) is 47.1 Å². The first-order valence-electron chi connectivity index (χ1n) is 25.2. The average molecular weight is 997 g/mol. The van der Waals surface area contributed by atoms with E-state index >= 15 is 0 Å². The summed E-state index contributed by atoms with van der Waals surface area (Å²) in [6, 6.07) is 59.9. The zero-order chi connectivity index (χ0) is 50.2. The summed E-state index contributed by atoms with van der Waals surface area (Å²) < 4.78 is 70.6. The molecule has 0 spiro atoms. The molecular weight excluding hydrogens is 925 g/mol. The largest absolute Gasteiger partial charge is 0.414 e. The van der Waals surface area contributed by atoms with Gasteiger partial charge in [0.15, 0.2) is 14.6 Å². The molecule has 0 unspecified atom stereocenters. The molecule has 0 amide bonds. The zero-order valence-corrected chi connectivity index (χ0v) is 43.3. The monoisotopic (exact) mass is 996 g/mol. The second-order valence-electron chi connectivity index (χ2n) is 20.1. The highest BCUT2D eigenvalue weighted by molar-refractivity contribution is 6.74. The summed E-state index contributed by atoms with van der Waals surface area (Å²) in [5.74, 6) is -1.75. The SMILES string of the molecule is CC(C)(C)[Si](C)(C)OC[C@H]1O[C@H](O[C@]2(COCc3ccccc3)O[C@H](CO)[C@@H](OCc3ccccc3)[C@@H]2OCc2ccccc2)[C@H](OCc2ccccc2)[C@@H](OCc2ccccc2)[C@@H]1OCc1ccccc1. The van der Waals surface area contributed by atoms with E-state index in [1.54, 1.807) is 0 Å². The Balaban J connectivity index is 1.23. The van der Waals surface area contributed by atoms with E-state index in [1.165, 1.54) is 0 Å². The van der Waals surface area contributed by atoms with Crippen LogP contribution in [-0.2, 0) is 86.7 Å². The van der Waals surface area contributed by atoms with Gasteiger partial charge in [0, 0.05) is 0 Å². The lowest BCUT2D eigenvalue weighted by atomic mass is 9.97. The first-order chi connectivity index (χ1) is 35.0. The van der Waals surface area contributed by atoms with E-state index < -0.39 is 69.7 Å². The van der Waals surface area contributed by atoms with Crippen LogP contribution < -0.4 is 0 Å². The fraction of sp³-hybridized carbons (Fsp3) is 0.400. The second kappa shape index (κ2) is 25.8. The normalized spacial score (nSPS) is 24.6. The van der Waals surface area contributed by atoms with E-state index in [2.05, 4.69) is 33.9 Å². The maximum Gasteiger partial charge on any atom is 0.224 e. The summed E-state index contributed by atoms with van der Waals surface area (Å²) in [6.45, 7) is 12.1. The number of rotatable bonds is 25. The predicted molar refractivity (Wildman–Crippen MR) is 279 cm³/mol. The lowest BCUT2D eigenvalue weighted by Crippen LogP contribution is -2.65. The summed E-state index contributed by atoms with van der Waals surface area (Å²) in [5, 5.41) is 11.1. The minimum atomic E-state index is -2.37. The molecule has 9 atom stereocenters. The Hall–Kier alpha value is -4.90. The highest BCUT2D eigenvalue weighted by atomic mass is 28.4. The molecule has 6 aromatic rings. The second-order valence-corrected chi connectivity index (χ2v) is 24.9. The van der Waals surface area contributed by atoms with Crippen molar-refractivity contribution in [2.24, 2.45) is 0 Å². The van der Waals surface area contributed by atoms with E-state index in [-0.39, 0.29) is 57.9 Å². The molecule has 1 N–H and O–H groups in total. The van der Waals surface area contributed by atoms with E-state index in [0.29, 0.717) is 0 Å². The van der Waals surface area contributed by atoms with Crippen LogP contribution in [-0.4, -0.2) is 88.0 Å². The van der Waals surface area contributed by atoms with Crippen LogP contribution in [0.5, 0.6) is 0 Å². The average Bonchev–Trinajstić information content (AvgIpc) is 3.70. The minimum absolute atomic E-state index is 0.0995. The van der Waals surface area contributed by atoms with Crippen LogP contribution in [0.25, 0.3) is 0 Å². The number of aliphatic hydroxyl groups is 1. The van der Waals surface area contributed by atoms with Gasteiger partial charge in [-0.15, -0.1) is 0 Å². The van der Waals surface area contributed by atoms with Gasteiger partial charge in [0.2, 0.25) is 5.79 Å². The van der Waals surface area contributed by atoms with Crippen molar-refractivity contribution >= 4 is 8.32 Å². The molecule has 0 radical (unpaired) electrons. The zero-order valence-electron chi connectivity index (χ0n) is 42.3. The lowest BCUT2D eigenvalue weighted by Gasteiger charge is -2.49. The topological polar surface area (TPSA) is 113 Å². The molecule has 0 aromatic heterocycles. The molecule has 2 fully saturated rings. The van der Waals surface area contributed by atoms with Gasteiger partial charge in [-0.05, 0) is 51.5 Å². The molecule has 11 nitrogen and oxygen atoms in total. The van der Waals surface area contributed by atoms with Crippen molar-refractivity contribution in [3.8, 4) is 0 Å². The molecule has 0 aliphatic carbocycles.